The summed E-state index contributed by atoms with van der Waals surface area (Å²) in [5.41, 5.74) is 0.666. The summed E-state index contributed by atoms with van der Waals surface area (Å²) in [4.78, 5) is 27.5. The summed E-state index contributed by atoms with van der Waals surface area (Å²) in [6, 6.07) is 7.71. The van der Waals surface area contributed by atoms with Gasteiger partial charge in [-0.05, 0) is 36.6 Å². The van der Waals surface area contributed by atoms with Gasteiger partial charge in [0.15, 0.2) is 11.5 Å². The van der Waals surface area contributed by atoms with Crippen LogP contribution < -0.4 is 14.2 Å². The number of aliphatic hydroxyl groups is 1. The van der Waals surface area contributed by atoms with Gasteiger partial charge in [0.05, 0.1) is 43.0 Å². The number of ketones is 1. The van der Waals surface area contributed by atoms with E-state index in [0.29, 0.717) is 30.9 Å². The van der Waals surface area contributed by atoms with Gasteiger partial charge in [-0.2, -0.15) is 0 Å². The molecule has 9 heteroatoms. The van der Waals surface area contributed by atoms with E-state index in [2.05, 4.69) is 0 Å². The molecule has 1 aliphatic heterocycles. The molecule has 1 atom stereocenters. The first-order chi connectivity index (χ1) is 16.3. The van der Waals surface area contributed by atoms with Gasteiger partial charge in [0.25, 0.3) is 11.7 Å². The van der Waals surface area contributed by atoms with E-state index in [9.17, 15) is 14.7 Å². The molecule has 1 amide bonds. The zero-order valence-corrected chi connectivity index (χ0v) is 21.0. The maximum Gasteiger partial charge on any atom is 0.295 e. The first-order valence-electron chi connectivity index (χ1n) is 10.9. The van der Waals surface area contributed by atoms with Crippen molar-refractivity contribution in [2.75, 3.05) is 27.4 Å². The van der Waals surface area contributed by atoms with Gasteiger partial charge < -0.3 is 24.2 Å². The zero-order chi connectivity index (χ0) is 25.0. The Bertz CT molecular complexity index is 1110. The van der Waals surface area contributed by atoms with E-state index in [1.54, 1.807) is 24.3 Å². The van der Waals surface area contributed by atoms with Crippen LogP contribution in [0.3, 0.4) is 0 Å². The number of amides is 1. The molecule has 0 radical (unpaired) electrons. The number of ether oxygens (including phenoxy) is 3. The van der Waals surface area contributed by atoms with Crippen molar-refractivity contribution in [2.24, 2.45) is 0 Å². The summed E-state index contributed by atoms with van der Waals surface area (Å²) in [6.07, 6.45) is 1.50. The number of benzene rings is 2. The number of carbonyl (C=O) groups is 2. The molecule has 182 valence electrons. The van der Waals surface area contributed by atoms with Crippen LogP contribution >= 0.6 is 23.2 Å². The number of hydrogen-bond acceptors (Lipinski definition) is 6. The number of methoxy groups -OCH3 is 2. The lowest BCUT2D eigenvalue weighted by atomic mass is 9.94. The molecular formula is C25H27Cl2NO6. The smallest absolute Gasteiger partial charge is 0.295 e. The third-order valence-electron chi connectivity index (χ3n) is 5.47. The molecule has 2 aromatic carbocycles. The summed E-state index contributed by atoms with van der Waals surface area (Å²) in [5.74, 6) is -1.01. The average molecular weight is 508 g/mol. The van der Waals surface area contributed by atoms with Gasteiger partial charge in [-0.1, -0.05) is 49.2 Å². The molecule has 0 spiro atoms. The second-order valence-corrected chi connectivity index (χ2v) is 8.48. The molecule has 0 bridgehead atoms. The monoisotopic (exact) mass is 507 g/mol. The average Bonchev–Trinajstić information content (AvgIpc) is 3.08. The Labute approximate surface area is 208 Å². The van der Waals surface area contributed by atoms with Gasteiger partial charge in [-0.15, -0.1) is 0 Å². The Morgan fingerprint density at radius 2 is 1.68 bits per heavy atom. The molecule has 0 aliphatic carbocycles. The number of nitrogens with zero attached hydrogens (tertiary/aromatic N) is 1. The van der Waals surface area contributed by atoms with Gasteiger partial charge >= 0.3 is 0 Å². The zero-order valence-electron chi connectivity index (χ0n) is 19.5. The lowest BCUT2D eigenvalue weighted by Crippen LogP contribution is -2.30. The molecule has 34 heavy (non-hydrogen) atoms. The van der Waals surface area contributed by atoms with Gasteiger partial charge in [0, 0.05) is 6.54 Å². The third kappa shape index (κ3) is 4.68. The van der Waals surface area contributed by atoms with Crippen molar-refractivity contribution >= 4 is 40.7 Å². The summed E-state index contributed by atoms with van der Waals surface area (Å²) in [6.45, 7) is 4.83. The minimum atomic E-state index is -0.801. The number of Topliss-reactive ketones (excluding diaryl/α,β-unsaturated/α-hetero) is 1. The Morgan fingerprint density at radius 3 is 2.24 bits per heavy atom. The van der Waals surface area contributed by atoms with Gasteiger partial charge in [0.1, 0.15) is 16.5 Å². The summed E-state index contributed by atoms with van der Waals surface area (Å²) in [7, 11) is 2.77. The highest BCUT2D eigenvalue weighted by Crippen LogP contribution is 2.47. The van der Waals surface area contributed by atoms with E-state index in [0.717, 1.165) is 6.42 Å². The second kappa shape index (κ2) is 11.0. The minimum Gasteiger partial charge on any atom is -0.507 e. The minimum absolute atomic E-state index is 0.0378. The molecule has 0 saturated carbocycles. The normalized spacial score (nSPS) is 17.2. The highest BCUT2D eigenvalue weighted by molar-refractivity contribution is 6.47. The molecule has 3 rings (SSSR count). The number of aliphatic hydroxyl groups excluding tert-OH is 1. The van der Waals surface area contributed by atoms with Crippen LogP contribution in [-0.4, -0.2) is 49.1 Å². The van der Waals surface area contributed by atoms with Crippen LogP contribution in [0, 0.1) is 0 Å². The molecule has 1 heterocycles. The second-order valence-electron chi connectivity index (χ2n) is 7.70. The third-order valence-corrected chi connectivity index (χ3v) is 6.09. The largest absolute Gasteiger partial charge is 0.507 e. The number of halogens is 2. The number of carbonyl (C=O) groups excluding carboxylic acids is 2. The highest BCUT2D eigenvalue weighted by Gasteiger charge is 2.46. The van der Waals surface area contributed by atoms with Gasteiger partial charge in [0.2, 0.25) is 0 Å². The maximum atomic E-state index is 13.1. The molecule has 1 aliphatic rings. The maximum absolute atomic E-state index is 13.1. The quantitative estimate of drug-likeness (QED) is 0.269. The van der Waals surface area contributed by atoms with Crippen LogP contribution in [0.2, 0.25) is 10.0 Å². The first kappa shape index (κ1) is 25.7. The van der Waals surface area contributed by atoms with Crippen molar-refractivity contribution in [1.29, 1.82) is 0 Å². The molecule has 1 fully saturated rings. The van der Waals surface area contributed by atoms with Crippen LogP contribution in [0.25, 0.3) is 5.76 Å². The van der Waals surface area contributed by atoms with Gasteiger partial charge in [-0.3, -0.25) is 9.59 Å². The highest BCUT2D eigenvalue weighted by atomic mass is 35.5. The SMILES string of the molecule is CCCOc1ccc(C2/C(=C(\O)c3cc(Cl)c(OC)c(Cl)c3OC)C(=O)C(=O)N2CCC)cc1. The van der Waals surface area contributed by atoms with E-state index < -0.39 is 23.5 Å². The van der Waals surface area contributed by atoms with Crippen LogP contribution in [0.1, 0.15) is 43.9 Å². The topological polar surface area (TPSA) is 85.3 Å². The van der Waals surface area contributed by atoms with Crippen LogP contribution in [0.5, 0.6) is 17.2 Å². The molecule has 1 saturated heterocycles. The van der Waals surface area contributed by atoms with Crippen molar-refractivity contribution in [3.8, 4) is 17.2 Å². The molecule has 1 unspecified atom stereocenters. The van der Waals surface area contributed by atoms with E-state index >= 15 is 0 Å². The summed E-state index contributed by atoms with van der Waals surface area (Å²) < 4.78 is 16.3. The number of likely N-dealkylation sites (tertiary alicyclic amines) is 1. The van der Waals surface area contributed by atoms with E-state index in [4.69, 9.17) is 37.4 Å². The van der Waals surface area contributed by atoms with Gasteiger partial charge in [-0.25, -0.2) is 0 Å². The lowest BCUT2D eigenvalue weighted by molar-refractivity contribution is -0.139. The fourth-order valence-corrected chi connectivity index (χ4v) is 4.64. The van der Waals surface area contributed by atoms with Crippen molar-refractivity contribution in [1.82, 2.24) is 4.90 Å². The van der Waals surface area contributed by atoms with Crippen molar-refractivity contribution in [3.05, 3.63) is 57.1 Å². The number of rotatable bonds is 9. The Kier molecular flexibility index (Phi) is 8.33. The Balaban J connectivity index is 2.21. The van der Waals surface area contributed by atoms with Crippen LogP contribution in [0.4, 0.5) is 0 Å². The lowest BCUT2D eigenvalue weighted by Gasteiger charge is -2.25. The van der Waals surface area contributed by atoms with E-state index in [1.807, 2.05) is 13.8 Å². The standard InChI is InChI=1S/C25H27Cl2NO6/c1-5-11-28-20(14-7-9-15(10-8-14)34-12-6-2)18(22(30)25(28)31)21(29)16-13-17(26)24(33-4)19(27)23(16)32-3/h7-10,13,20,29H,5-6,11-12H2,1-4H3/b21-18+. The van der Waals surface area contributed by atoms with Crippen molar-refractivity contribution in [3.63, 3.8) is 0 Å². The fourth-order valence-electron chi connectivity index (χ4n) is 3.96. The predicted octanol–water partition coefficient (Wildman–Crippen LogP) is 5.63. The first-order valence-corrected chi connectivity index (χ1v) is 11.7. The molecule has 7 nitrogen and oxygen atoms in total. The van der Waals surface area contributed by atoms with Crippen LogP contribution in [0.15, 0.2) is 35.9 Å². The molecular weight excluding hydrogens is 481 g/mol. The fraction of sp³-hybridized carbons (Fsp3) is 0.360. The van der Waals surface area contributed by atoms with Crippen LogP contribution in [-0.2, 0) is 9.59 Å². The molecule has 0 aromatic heterocycles. The number of hydrogen-bond donors (Lipinski definition) is 1. The molecule has 1 N–H and O–H groups in total. The van der Waals surface area contributed by atoms with E-state index in [1.165, 1.54) is 25.2 Å². The molecule has 2 aromatic rings. The Hall–Kier alpha value is -2.90. The predicted molar refractivity (Wildman–Crippen MR) is 131 cm³/mol. The summed E-state index contributed by atoms with van der Waals surface area (Å²) >= 11 is 12.7. The Morgan fingerprint density at radius 1 is 1.03 bits per heavy atom. The summed E-state index contributed by atoms with van der Waals surface area (Å²) in [5, 5.41) is 11.5. The van der Waals surface area contributed by atoms with Crippen molar-refractivity contribution in [2.45, 2.75) is 32.7 Å². The van der Waals surface area contributed by atoms with E-state index in [-0.39, 0.29) is 32.7 Å². The van der Waals surface area contributed by atoms with Crippen molar-refractivity contribution < 1.29 is 28.9 Å².